The Kier molecular flexibility index (Phi) is 7.06. The van der Waals surface area contributed by atoms with Crippen LogP contribution in [0.5, 0.6) is 0 Å². The normalized spacial score (nSPS) is 15.1. The monoisotopic (exact) mass is 374 g/mol. The van der Waals surface area contributed by atoms with E-state index in [2.05, 4.69) is 16.9 Å². The molecule has 1 N–H and O–H groups in total. The van der Waals surface area contributed by atoms with Gasteiger partial charge in [-0.3, -0.25) is 19.5 Å². The number of ether oxygens (including phenoxy) is 1. The lowest BCUT2D eigenvalue weighted by atomic mass is 10.00. The summed E-state index contributed by atoms with van der Waals surface area (Å²) in [6.45, 7) is 9.26. The van der Waals surface area contributed by atoms with Gasteiger partial charge in [-0.25, -0.2) is 4.79 Å². The molecule has 2 heterocycles. The molecule has 8 heteroatoms. The van der Waals surface area contributed by atoms with Crippen LogP contribution in [0.4, 0.5) is 4.79 Å². The molecular formula is C19H26N4O4. The minimum absolute atomic E-state index is 0.0815. The van der Waals surface area contributed by atoms with Crippen molar-refractivity contribution < 1.29 is 19.1 Å². The SMILES string of the molecule is C=CCOC(=O)N1CCN(C(C)(C)C(=O)NCC(=O)c2cccnc2)CC1. The zero-order valence-electron chi connectivity index (χ0n) is 15.8. The summed E-state index contributed by atoms with van der Waals surface area (Å²) in [5, 5.41) is 2.71. The number of nitrogens with zero attached hydrogens (tertiary/aromatic N) is 3. The minimum Gasteiger partial charge on any atom is -0.445 e. The van der Waals surface area contributed by atoms with Gasteiger partial charge in [0.1, 0.15) is 6.61 Å². The topological polar surface area (TPSA) is 91.8 Å². The first-order chi connectivity index (χ1) is 12.9. The van der Waals surface area contributed by atoms with Crippen LogP contribution < -0.4 is 5.32 Å². The van der Waals surface area contributed by atoms with Crippen LogP contribution in [0.15, 0.2) is 37.2 Å². The summed E-state index contributed by atoms with van der Waals surface area (Å²) in [4.78, 5) is 44.1. The molecule has 1 saturated heterocycles. The van der Waals surface area contributed by atoms with Gasteiger partial charge in [-0.1, -0.05) is 12.7 Å². The Bertz CT molecular complexity index is 682. The first-order valence-electron chi connectivity index (χ1n) is 8.85. The van der Waals surface area contributed by atoms with Crippen LogP contribution in [0.1, 0.15) is 24.2 Å². The fourth-order valence-electron chi connectivity index (χ4n) is 2.82. The molecule has 2 amide bonds. The third-order valence-electron chi connectivity index (χ3n) is 4.60. The second kappa shape index (κ2) is 9.27. The average Bonchev–Trinajstić information content (AvgIpc) is 2.70. The summed E-state index contributed by atoms with van der Waals surface area (Å²) in [6, 6.07) is 3.34. The predicted octanol–water partition coefficient (Wildman–Crippen LogP) is 1.10. The van der Waals surface area contributed by atoms with Crippen molar-refractivity contribution in [1.29, 1.82) is 0 Å². The Morgan fingerprint density at radius 3 is 2.59 bits per heavy atom. The van der Waals surface area contributed by atoms with Gasteiger partial charge in [0, 0.05) is 44.1 Å². The zero-order valence-corrected chi connectivity index (χ0v) is 15.8. The highest BCUT2D eigenvalue weighted by Gasteiger charge is 2.37. The highest BCUT2D eigenvalue weighted by molar-refractivity contribution is 5.99. The maximum atomic E-state index is 12.6. The molecule has 1 aromatic rings. The Labute approximate surface area is 159 Å². The van der Waals surface area contributed by atoms with Crippen molar-refractivity contribution in [2.24, 2.45) is 0 Å². The molecule has 2 rings (SSSR count). The lowest BCUT2D eigenvalue weighted by Crippen LogP contribution is -2.61. The molecule has 0 bridgehead atoms. The second-order valence-electron chi connectivity index (χ2n) is 6.75. The number of piperazine rings is 1. The van der Waals surface area contributed by atoms with Gasteiger partial charge in [-0.2, -0.15) is 0 Å². The van der Waals surface area contributed by atoms with Crippen LogP contribution in [0.3, 0.4) is 0 Å². The van der Waals surface area contributed by atoms with Crippen LogP contribution in [-0.4, -0.2) is 77.4 Å². The van der Waals surface area contributed by atoms with Crippen molar-refractivity contribution in [3.05, 3.63) is 42.7 Å². The number of Topliss-reactive ketones (excluding diaryl/α,β-unsaturated/α-hetero) is 1. The highest BCUT2D eigenvalue weighted by atomic mass is 16.6. The Morgan fingerprint density at radius 1 is 1.30 bits per heavy atom. The van der Waals surface area contributed by atoms with E-state index in [-0.39, 0.29) is 30.9 Å². The molecule has 27 heavy (non-hydrogen) atoms. The lowest BCUT2D eigenvalue weighted by molar-refractivity contribution is -0.132. The smallest absolute Gasteiger partial charge is 0.410 e. The van der Waals surface area contributed by atoms with Gasteiger partial charge in [0.15, 0.2) is 5.78 Å². The average molecular weight is 374 g/mol. The van der Waals surface area contributed by atoms with Gasteiger partial charge in [0.25, 0.3) is 0 Å². The van der Waals surface area contributed by atoms with Crippen LogP contribution in [-0.2, 0) is 9.53 Å². The third kappa shape index (κ3) is 5.37. The first-order valence-corrected chi connectivity index (χ1v) is 8.85. The molecule has 1 fully saturated rings. The minimum atomic E-state index is -0.799. The van der Waals surface area contributed by atoms with Gasteiger partial charge in [0.2, 0.25) is 5.91 Å². The van der Waals surface area contributed by atoms with Gasteiger partial charge in [0.05, 0.1) is 12.1 Å². The molecule has 0 radical (unpaired) electrons. The van der Waals surface area contributed by atoms with E-state index in [4.69, 9.17) is 4.74 Å². The summed E-state index contributed by atoms with van der Waals surface area (Å²) in [7, 11) is 0. The summed E-state index contributed by atoms with van der Waals surface area (Å²) in [5.74, 6) is -0.426. The predicted molar refractivity (Wildman–Crippen MR) is 100 cm³/mol. The fourth-order valence-corrected chi connectivity index (χ4v) is 2.82. The van der Waals surface area contributed by atoms with E-state index >= 15 is 0 Å². The maximum Gasteiger partial charge on any atom is 0.410 e. The van der Waals surface area contributed by atoms with Gasteiger partial charge in [-0.15, -0.1) is 0 Å². The molecule has 0 saturated carbocycles. The molecule has 0 unspecified atom stereocenters. The third-order valence-corrected chi connectivity index (χ3v) is 4.60. The first kappa shape index (κ1) is 20.6. The largest absolute Gasteiger partial charge is 0.445 e. The molecule has 1 aromatic heterocycles. The van der Waals surface area contributed by atoms with Gasteiger partial charge < -0.3 is 15.0 Å². The van der Waals surface area contributed by atoms with Crippen molar-refractivity contribution in [2.75, 3.05) is 39.3 Å². The summed E-state index contributed by atoms with van der Waals surface area (Å²) < 4.78 is 5.03. The fraction of sp³-hybridized carbons (Fsp3) is 0.474. The molecule has 1 aliphatic rings. The van der Waals surface area contributed by atoms with E-state index in [1.54, 1.807) is 23.2 Å². The number of hydrogen-bond donors (Lipinski definition) is 1. The van der Waals surface area contributed by atoms with Gasteiger partial charge >= 0.3 is 6.09 Å². The Morgan fingerprint density at radius 2 is 2.00 bits per heavy atom. The van der Waals surface area contributed by atoms with E-state index in [9.17, 15) is 14.4 Å². The number of aromatic nitrogens is 1. The molecule has 0 atom stereocenters. The molecule has 0 aliphatic carbocycles. The van der Waals surface area contributed by atoms with E-state index in [1.807, 2.05) is 18.7 Å². The van der Waals surface area contributed by atoms with Crippen LogP contribution in [0.2, 0.25) is 0 Å². The number of hydrogen-bond acceptors (Lipinski definition) is 6. The van der Waals surface area contributed by atoms with Crippen molar-refractivity contribution in [1.82, 2.24) is 20.1 Å². The molecule has 146 valence electrons. The number of nitrogens with one attached hydrogen (secondary N) is 1. The molecule has 0 spiro atoms. The van der Waals surface area contributed by atoms with E-state index < -0.39 is 5.54 Å². The number of carbonyl (C=O) groups is 3. The zero-order chi connectivity index (χ0) is 19.9. The summed E-state index contributed by atoms with van der Waals surface area (Å²) in [6.07, 6.45) is 4.21. The van der Waals surface area contributed by atoms with Crippen molar-refractivity contribution >= 4 is 17.8 Å². The van der Waals surface area contributed by atoms with Crippen LogP contribution in [0, 0.1) is 0 Å². The van der Waals surface area contributed by atoms with E-state index in [0.717, 1.165) is 0 Å². The van der Waals surface area contributed by atoms with Crippen molar-refractivity contribution in [3.63, 3.8) is 0 Å². The maximum absolute atomic E-state index is 12.6. The number of pyridine rings is 1. The summed E-state index contributed by atoms with van der Waals surface area (Å²) >= 11 is 0. The number of amides is 2. The van der Waals surface area contributed by atoms with Crippen molar-refractivity contribution in [3.8, 4) is 0 Å². The highest BCUT2D eigenvalue weighted by Crippen LogP contribution is 2.18. The molecule has 1 aliphatic heterocycles. The number of rotatable bonds is 7. The second-order valence-corrected chi connectivity index (χ2v) is 6.75. The lowest BCUT2D eigenvalue weighted by Gasteiger charge is -2.42. The van der Waals surface area contributed by atoms with Crippen LogP contribution in [0.25, 0.3) is 0 Å². The van der Waals surface area contributed by atoms with Crippen molar-refractivity contribution in [2.45, 2.75) is 19.4 Å². The molecule has 8 nitrogen and oxygen atoms in total. The Hall–Kier alpha value is -2.74. The number of carbonyl (C=O) groups excluding carboxylic acids is 3. The molecule has 0 aromatic carbocycles. The van der Waals surface area contributed by atoms with Gasteiger partial charge in [-0.05, 0) is 26.0 Å². The van der Waals surface area contributed by atoms with E-state index in [0.29, 0.717) is 31.7 Å². The summed E-state index contributed by atoms with van der Waals surface area (Å²) in [5.41, 5.74) is -0.339. The van der Waals surface area contributed by atoms with E-state index in [1.165, 1.54) is 12.3 Å². The standard InChI is InChI=1S/C19H26N4O4/c1-4-12-27-18(26)22-8-10-23(11-9-22)19(2,3)17(25)21-14-16(24)15-6-5-7-20-13-15/h4-7,13H,1,8-12,14H2,2-3H3,(H,21,25). The van der Waals surface area contributed by atoms with Crippen LogP contribution >= 0.6 is 0 Å². The quantitative estimate of drug-likeness (QED) is 0.568. The Balaban J connectivity index is 1.84. The molecular weight excluding hydrogens is 348 g/mol. The number of ketones is 1.